The molecule has 4 heteroatoms. The van der Waals surface area contributed by atoms with Gasteiger partial charge in [-0.15, -0.1) is 0 Å². The Hall–Kier alpha value is -0.680. The van der Waals surface area contributed by atoms with E-state index in [1.807, 2.05) is 0 Å². The lowest BCUT2D eigenvalue weighted by atomic mass is 9.76. The molecule has 23 heavy (non-hydrogen) atoms. The van der Waals surface area contributed by atoms with Gasteiger partial charge in [0.2, 0.25) is 0 Å². The zero-order chi connectivity index (χ0) is 16.1. The van der Waals surface area contributed by atoms with Crippen LogP contribution in [-0.4, -0.2) is 35.8 Å². The van der Waals surface area contributed by atoms with Crippen molar-refractivity contribution in [2.75, 3.05) is 14.1 Å². The molecule has 2 aliphatic heterocycles. The highest BCUT2D eigenvalue weighted by Crippen LogP contribution is 2.47. The van der Waals surface area contributed by atoms with Crippen molar-refractivity contribution in [2.45, 2.75) is 49.8 Å². The summed E-state index contributed by atoms with van der Waals surface area (Å²) in [7, 11) is 4.81. The molecule has 0 spiro atoms. The molecule has 0 saturated carbocycles. The average Bonchev–Trinajstić information content (AvgIpc) is 3.22. The van der Waals surface area contributed by atoms with Crippen molar-refractivity contribution >= 4 is 22.7 Å². The summed E-state index contributed by atoms with van der Waals surface area (Å²) in [6, 6.07) is 5.76. The fourth-order valence-corrected chi connectivity index (χ4v) is 6.43. The summed E-state index contributed by atoms with van der Waals surface area (Å²) >= 11 is 3.36. The highest BCUT2D eigenvalue weighted by atomic mass is 32.1. The Morgan fingerprint density at radius 1 is 1.04 bits per heavy atom. The van der Waals surface area contributed by atoms with Crippen molar-refractivity contribution in [3.8, 4) is 0 Å². The lowest BCUT2D eigenvalue weighted by Gasteiger charge is -2.45. The summed E-state index contributed by atoms with van der Waals surface area (Å²) in [5.41, 5.74) is 1.35. The molecule has 0 radical (unpaired) electrons. The Morgan fingerprint density at radius 3 is 2.00 bits per heavy atom. The van der Waals surface area contributed by atoms with E-state index in [-0.39, 0.29) is 0 Å². The average molecular weight is 349 g/mol. The van der Waals surface area contributed by atoms with E-state index in [0.29, 0.717) is 5.92 Å². The number of quaternary nitrogens is 1. The van der Waals surface area contributed by atoms with Gasteiger partial charge in [-0.1, -0.05) is 0 Å². The first-order chi connectivity index (χ1) is 11.0. The van der Waals surface area contributed by atoms with Crippen LogP contribution in [-0.2, 0) is 5.60 Å². The number of aliphatic hydroxyl groups is 1. The van der Waals surface area contributed by atoms with Crippen molar-refractivity contribution in [3.63, 3.8) is 0 Å². The van der Waals surface area contributed by atoms with Crippen molar-refractivity contribution in [3.05, 3.63) is 44.8 Å². The van der Waals surface area contributed by atoms with Crippen molar-refractivity contribution in [2.24, 2.45) is 5.92 Å². The molecule has 0 amide bonds. The molecule has 2 bridgehead atoms. The van der Waals surface area contributed by atoms with Crippen molar-refractivity contribution in [1.82, 2.24) is 0 Å². The van der Waals surface area contributed by atoms with Crippen LogP contribution in [0.4, 0.5) is 0 Å². The Labute approximate surface area is 147 Å². The van der Waals surface area contributed by atoms with Crippen LogP contribution in [0.2, 0.25) is 0 Å². The molecular weight excluding hydrogens is 322 g/mol. The molecule has 1 N–H and O–H groups in total. The highest BCUT2D eigenvalue weighted by Gasteiger charge is 2.50. The maximum Gasteiger partial charge on any atom is 0.116 e. The molecule has 2 saturated heterocycles. The van der Waals surface area contributed by atoms with Gasteiger partial charge in [-0.2, -0.15) is 22.7 Å². The van der Waals surface area contributed by atoms with E-state index in [4.69, 9.17) is 0 Å². The fraction of sp³-hybridized carbons (Fsp3) is 0.579. The van der Waals surface area contributed by atoms with Gasteiger partial charge in [0, 0.05) is 25.7 Å². The molecule has 4 rings (SSSR count). The first kappa shape index (κ1) is 15.8. The number of hydrogen-bond donors (Lipinski definition) is 1. The highest BCUT2D eigenvalue weighted by molar-refractivity contribution is 7.08. The van der Waals surface area contributed by atoms with Gasteiger partial charge < -0.3 is 9.59 Å². The minimum Gasteiger partial charge on any atom is -0.380 e. The normalized spacial score (nSPS) is 29.8. The predicted molar refractivity (Wildman–Crippen MR) is 97.9 cm³/mol. The SMILES string of the molecule is C[N+]1(C)C2CCC1CC(CC(O)(c1ccsc1)c1ccsc1)C2. The van der Waals surface area contributed by atoms with Gasteiger partial charge >= 0.3 is 0 Å². The summed E-state index contributed by atoms with van der Waals surface area (Å²) in [4.78, 5) is 0. The molecule has 124 valence electrons. The zero-order valence-corrected chi connectivity index (χ0v) is 15.6. The number of piperidine rings is 1. The Bertz CT molecular complexity index is 597. The molecule has 2 aromatic rings. The first-order valence-electron chi connectivity index (χ1n) is 8.61. The van der Waals surface area contributed by atoms with Crippen LogP contribution in [0.5, 0.6) is 0 Å². The van der Waals surface area contributed by atoms with E-state index in [0.717, 1.165) is 29.6 Å². The minimum atomic E-state index is -0.807. The minimum absolute atomic E-state index is 0.628. The van der Waals surface area contributed by atoms with Crippen LogP contribution in [0, 0.1) is 5.92 Å². The van der Waals surface area contributed by atoms with E-state index in [2.05, 4.69) is 47.7 Å². The number of nitrogens with zero attached hydrogens (tertiary/aromatic N) is 1. The molecular formula is C19H26NOS2+. The summed E-state index contributed by atoms with van der Waals surface area (Å²) < 4.78 is 1.20. The number of hydrogen-bond acceptors (Lipinski definition) is 3. The monoisotopic (exact) mass is 348 g/mol. The fourth-order valence-electron chi connectivity index (χ4n) is 4.98. The van der Waals surface area contributed by atoms with E-state index in [1.165, 1.54) is 30.2 Å². The van der Waals surface area contributed by atoms with Crippen LogP contribution in [0.25, 0.3) is 0 Å². The Morgan fingerprint density at radius 2 is 1.57 bits per heavy atom. The molecule has 0 aromatic carbocycles. The molecule has 2 unspecified atom stereocenters. The number of fused-ring (bicyclic) bond motifs is 2. The largest absolute Gasteiger partial charge is 0.380 e. The number of thiophene rings is 2. The van der Waals surface area contributed by atoms with Gasteiger partial charge in [-0.3, -0.25) is 0 Å². The molecule has 2 fully saturated rings. The molecule has 2 atom stereocenters. The number of rotatable bonds is 4. The standard InChI is InChI=1S/C19H26NOS2/c1-20(2)17-3-4-18(20)10-14(9-17)11-19(21,15-5-7-22-12-15)16-6-8-23-13-16/h5-8,12-14,17-18,21H,3-4,9-11H2,1-2H3/q+1. The molecule has 2 aromatic heterocycles. The third kappa shape index (κ3) is 2.60. The van der Waals surface area contributed by atoms with Gasteiger partial charge in [0.05, 0.1) is 26.2 Å². The molecule has 4 heterocycles. The molecule has 2 nitrogen and oxygen atoms in total. The van der Waals surface area contributed by atoms with Crippen LogP contribution >= 0.6 is 22.7 Å². The van der Waals surface area contributed by atoms with Crippen molar-refractivity contribution in [1.29, 1.82) is 0 Å². The second kappa shape index (κ2) is 5.69. The smallest absolute Gasteiger partial charge is 0.116 e. The maximum atomic E-state index is 11.6. The summed E-state index contributed by atoms with van der Waals surface area (Å²) in [6.45, 7) is 0. The third-order valence-electron chi connectivity index (χ3n) is 6.51. The molecule has 0 aliphatic carbocycles. The predicted octanol–water partition coefficient (Wildman–Crippen LogP) is 4.45. The van der Waals surface area contributed by atoms with Gasteiger partial charge in [-0.05, 0) is 57.1 Å². The Balaban J connectivity index is 1.61. The quantitative estimate of drug-likeness (QED) is 0.809. The van der Waals surface area contributed by atoms with E-state index in [9.17, 15) is 5.11 Å². The molecule has 2 aliphatic rings. The van der Waals surface area contributed by atoms with E-state index >= 15 is 0 Å². The van der Waals surface area contributed by atoms with Gasteiger partial charge in [0.15, 0.2) is 0 Å². The van der Waals surface area contributed by atoms with Crippen molar-refractivity contribution < 1.29 is 9.59 Å². The summed E-state index contributed by atoms with van der Waals surface area (Å²) in [5.74, 6) is 0.628. The van der Waals surface area contributed by atoms with Crippen LogP contribution in [0.3, 0.4) is 0 Å². The lowest BCUT2D eigenvalue weighted by Crippen LogP contribution is -2.55. The van der Waals surface area contributed by atoms with Crippen LogP contribution in [0.15, 0.2) is 33.7 Å². The second-order valence-corrected chi connectivity index (χ2v) is 9.50. The van der Waals surface area contributed by atoms with Crippen LogP contribution < -0.4 is 0 Å². The summed E-state index contributed by atoms with van der Waals surface area (Å²) in [5, 5.41) is 20.0. The zero-order valence-electron chi connectivity index (χ0n) is 13.9. The first-order valence-corrected chi connectivity index (χ1v) is 10.5. The topological polar surface area (TPSA) is 20.2 Å². The third-order valence-corrected chi connectivity index (χ3v) is 7.87. The van der Waals surface area contributed by atoms with E-state index in [1.54, 1.807) is 22.7 Å². The van der Waals surface area contributed by atoms with E-state index < -0.39 is 5.60 Å². The maximum absolute atomic E-state index is 11.6. The van der Waals surface area contributed by atoms with Gasteiger partial charge in [0.1, 0.15) is 5.60 Å². The second-order valence-electron chi connectivity index (χ2n) is 7.94. The van der Waals surface area contributed by atoms with Crippen LogP contribution in [0.1, 0.15) is 43.2 Å². The lowest BCUT2D eigenvalue weighted by molar-refractivity contribution is -0.931. The summed E-state index contributed by atoms with van der Waals surface area (Å²) in [6.07, 6.45) is 6.13. The van der Waals surface area contributed by atoms with Gasteiger partial charge in [-0.25, -0.2) is 0 Å². The Kier molecular flexibility index (Phi) is 3.92. The van der Waals surface area contributed by atoms with Gasteiger partial charge in [0.25, 0.3) is 0 Å².